The number of rotatable bonds is 8. The molecule has 6 rings (SSSR count). The fourth-order valence-corrected chi connectivity index (χ4v) is 8.11. The standard InChI is InChI=1S/C26H28ClNO6S/c1-33-21-5-3-20(4-6-21)28-35(31,32)23-11-19(2-7-22(23)27)25(30)34-15-24(29)26-12-16-8-17(13-26)10-18(9-16)14-26/h2-7,11,16-18,28H,8-10,12-15H2,1H3. The smallest absolute Gasteiger partial charge is 0.338 e. The first-order valence-corrected chi connectivity index (χ1v) is 13.7. The van der Waals surface area contributed by atoms with Crippen molar-refractivity contribution in [2.75, 3.05) is 18.4 Å². The van der Waals surface area contributed by atoms with Crippen molar-refractivity contribution in [2.24, 2.45) is 23.2 Å². The van der Waals surface area contributed by atoms with E-state index in [1.165, 1.54) is 44.6 Å². The first kappa shape index (κ1) is 24.1. The Morgan fingerprint density at radius 3 is 2.17 bits per heavy atom. The van der Waals surface area contributed by atoms with E-state index in [4.69, 9.17) is 21.1 Å². The number of esters is 1. The van der Waals surface area contributed by atoms with Gasteiger partial charge in [-0.3, -0.25) is 9.52 Å². The molecule has 0 aromatic heterocycles. The Labute approximate surface area is 210 Å². The molecule has 0 aliphatic heterocycles. The Balaban J connectivity index is 1.27. The Morgan fingerprint density at radius 1 is 1.00 bits per heavy atom. The van der Waals surface area contributed by atoms with Crippen molar-refractivity contribution in [1.82, 2.24) is 0 Å². The maximum Gasteiger partial charge on any atom is 0.338 e. The molecule has 0 amide bonds. The number of methoxy groups -OCH3 is 1. The maximum absolute atomic E-state index is 13.1. The average Bonchev–Trinajstić information content (AvgIpc) is 2.82. The Morgan fingerprint density at radius 2 is 1.60 bits per heavy atom. The first-order valence-electron chi connectivity index (χ1n) is 11.8. The van der Waals surface area contributed by atoms with Gasteiger partial charge in [0.25, 0.3) is 10.0 Å². The summed E-state index contributed by atoms with van der Waals surface area (Å²) in [4.78, 5) is 25.6. The van der Waals surface area contributed by atoms with Crippen LogP contribution in [0.1, 0.15) is 48.9 Å². The van der Waals surface area contributed by atoms with Crippen LogP contribution in [-0.4, -0.2) is 33.9 Å². The summed E-state index contributed by atoms with van der Waals surface area (Å²) in [5, 5.41) is -0.0350. The molecule has 9 heteroatoms. The van der Waals surface area contributed by atoms with Crippen molar-refractivity contribution in [3.63, 3.8) is 0 Å². The number of carbonyl (C=O) groups is 2. The van der Waals surface area contributed by atoms with Crippen LogP contribution < -0.4 is 9.46 Å². The molecule has 0 radical (unpaired) electrons. The molecular weight excluding hydrogens is 490 g/mol. The predicted octanol–water partition coefficient (Wildman–Crippen LogP) is 5.09. The zero-order valence-corrected chi connectivity index (χ0v) is 21.0. The number of nitrogens with one attached hydrogen (secondary N) is 1. The highest BCUT2D eigenvalue weighted by atomic mass is 35.5. The van der Waals surface area contributed by atoms with Gasteiger partial charge >= 0.3 is 5.97 Å². The van der Waals surface area contributed by atoms with Crippen molar-refractivity contribution < 1.29 is 27.5 Å². The monoisotopic (exact) mass is 517 g/mol. The molecule has 0 unspecified atom stereocenters. The summed E-state index contributed by atoms with van der Waals surface area (Å²) in [7, 11) is -2.56. The van der Waals surface area contributed by atoms with Crippen LogP contribution in [0.3, 0.4) is 0 Å². The highest BCUT2D eigenvalue weighted by Gasteiger charge is 2.54. The average molecular weight is 518 g/mol. The van der Waals surface area contributed by atoms with Crippen molar-refractivity contribution in [3.05, 3.63) is 53.1 Å². The Kier molecular flexibility index (Phi) is 6.30. The van der Waals surface area contributed by atoms with Crippen molar-refractivity contribution >= 4 is 39.1 Å². The molecule has 2 aromatic rings. The molecule has 4 saturated carbocycles. The van der Waals surface area contributed by atoms with Gasteiger partial charge in [-0.15, -0.1) is 0 Å². The number of ketones is 1. The minimum Gasteiger partial charge on any atom is -0.497 e. The van der Waals surface area contributed by atoms with Crippen LogP contribution in [0.15, 0.2) is 47.4 Å². The third-order valence-corrected chi connectivity index (χ3v) is 9.63. The number of Topliss-reactive ketones (excluding diaryl/α,β-unsaturated/α-hetero) is 1. The van der Waals surface area contributed by atoms with Gasteiger partial charge in [0.1, 0.15) is 10.6 Å². The van der Waals surface area contributed by atoms with Crippen LogP contribution in [0.2, 0.25) is 5.02 Å². The van der Waals surface area contributed by atoms with Gasteiger partial charge in [0, 0.05) is 11.1 Å². The second kappa shape index (κ2) is 9.13. The van der Waals surface area contributed by atoms with Crippen LogP contribution in [0, 0.1) is 23.2 Å². The summed E-state index contributed by atoms with van der Waals surface area (Å²) in [5.74, 6) is 1.67. The molecule has 35 heavy (non-hydrogen) atoms. The van der Waals surface area contributed by atoms with E-state index in [9.17, 15) is 18.0 Å². The second-order valence-corrected chi connectivity index (χ2v) is 12.2. The van der Waals surface area contributed by atoms with Crippen molar-refractivity contribution in [2.45, 2.75) is 43.4 Å². The summed E-state index contributed by atoms with van der Waals surface area (Å²) in [6, 6.07) is 10.2. The summed E-state index contributed by atoms with van der Waals surface area (Å²) >= 11 is 6.16. The van der Waals surface area contributed by atoms with E-state index in [1.807, 2.05) is 0 Å². The number of hydrogen-bond donors (Lipinski definition) is 1. The van der Waals surface area contributed by atoms with Gasteiger partial charge in [0.05, 0.1) is 17.7 Å². The molecule has 7 nitrogen and oxygen atoms in total. The number of ether oxygens (including phenoxy) is 2. The lowest BCUT2D eigenvalue weighted by Gasteiger charge is -2.55. The topological polar surface area (TPSA) is 98.8 Å². The van der Waals surface area contributed by atoms with Crippen LogP contribution >= 0.6 is 11.6 Å². The molecule has 2 aromatic carbocycles. The largest absolute Gasteiger partial charge is 0.497 e. The van der Waals surface area contributed by atoms with Crippen molar-refractivity contribution in [3.8, 4) is 5.75 Å². The SMILES string of the molecule is COc1ccc(NS(=O)(=O)c2cc(C(=O)OCC(=O)C34CC5CC(CC(C5)C3)C4)ccc2Cl)cc1. The second-order valence-electron chi connectivity index (χ2n) is 10.2. The highest BCUT2D eigenvalue weighted by molar-refractivity contribution is 7.92. The quantitative estimate of drug-likeness (QED) is 0.489. The van der Waals surface area contributed by atoms with Gasteiger partial charge < -0.3 is 9.47 Å². The third-order valence-electron chi connectivity index (χ3n) is 7.76. The Hall–Kier alpha value is -2.58. The Bertz CT molecular complexity index is 1220. The van der Waals surface area contributed by atoms with Gasteiger partial charge in [0.15, 0.2) is 12.4 Å². The minimum atomic E-state index is -4.08. The number of sulfonamides is 1. The molecule has 0 heterocycles. The minimum absolute atomic E-state index is 0.00655. The molecule has 0 spiro atoms. The van der Waals surface area contributed by atoms with E-state index >= 15 is 0 Å². The summed E-state index contributed by atoms with van der Waals surface area (Å²) < 4.78 is 38.8. The van der Waals surface area contributed by atoms with E-state index in [0.717, 1.165) is 19.3 Å². The van der Waals surface area contributed by atoms with E-state index in [0.29, 0.717) is 29.2 Å². The van der Waals surface area contributed by atoms with Gasteiger partial charge in [-0.25, -0.2) is 13.2 Å². The molecule has 0 saturated heterocycles. The lowest BCUT2D eigenvalue weighted by molar-refractivity contribution is -0.147. The molecule has 0 atom stereocenters. The number of halogens is 1. The van der Waals surface area contributed by atoms with Crippen LogP contribution in [-0.2, 0) is 19.6 Å². The molecule has 4 aliphatic carbocycles. The molecule has 4 aliphatic rings. The molecular formula is C26H28ClNO6S. The zero-order valence-electron chi connectivity index (χ0n) is 19.5. The van der Waals surface area contributed by atoms with E-state index in [2.05, 4.69) is 4.72 Å². The predicted molar refractivity (Wildman–Crippen MR) is 131 cm³/mol. The lowest BCUT2D eigenvalue weighted by Crippen LogP contribution is -2.51. The number of carbonyl (C=O) groups excluding carboxylic acids is 2. The van der Waals surface area contributed by atoms with Gasteiger partial charge in [-0.05, 0) is 98.7 Å². The lowest BCUT2D eigenvalue weighted by atomic mass is 9.48. The van der Waals surface area contributed by atoms with Crippen molar-refractivity contribution in [1.29, 1.82) is 0 Å². The molecule has 186 valence electrons. The van der Waals surface area contributed by atoms with Gasteiger partial charge in [0.2, 0.25) is 0 Å². The maximum atomic E-state index is 13.1. The summed E-state index contributed by atoms with van der Waals surface area (Å²) in [6.07, 6.45) is 6.36. The molecule has 4 bridgehead atoms. The molecule has 4 fully saturated rings. The normalized spacial score (nSPS) is 26.9. The summed E-state index contributed by atoms with van der Waals surface area (Å²) in [6.45, 7) is -0.292. The third kappa shape index (κ3) is 4.78. The van der Waals surface area contributed by atoms with E-state index in [-0.39, 0.29) is 33.3 Å². The van der Waals surface area contributed by atoms with E-state index in [1.54, 1.807) is 24.3 Å². The van der Waals surface area contributed by atoms with Gasteiger partial charge in [-0.2, -0.15) is 0 Å². The fraction of sp³-hybridized carbons (Fsp3) is 0.462. The van der Waals surface area contributed by atoms with E-state index < -0.39 is 16.0 Å². The van der Waals surface area contributed by atoms with Crippen LogP contribution in [0.25, 0.3) is 0 Å². The highest BCUT2D eigenvalue weighted by Crippen LogP contribution is 2.60. The zero-order chi connectivity index (χ0) is 24.8. The summed E-state index contributed by atoms with van der Waals surface area (Å²) in [5.41, 5.74) is -0.0231. The fourth-order valence-electron chi connectivity index (χ4n) is 6.53. The van der Waals surface area contributed by atoms with Gasteiger partial charge in [-0.1, -0.05) is 11.6 Å². The first-order chi connectivity index (χ1) is 16.7. The van der Waals surface area contributed by atoms with Crippen LogP contribution in [0.4, 0.5) is 5.69 Å². The number of benzene rings is 2. The number of anilines is 1. The number of hydrogen-bond acceptors (Lipinski definition) is 6. The van der Waals surface area contributed by atoms with Crippen LogP contribution in [0.5, 0.6) is 5.75 Å². The molecule has 1 N–H and O–H groups in total.